The lowest BCUT2D eigenvalue weighted by Gasteiger charge is -2.05. The first-order chi connectivity index (χ1) is 9.75. The van der Waals surface area contributed by atoms with Crippen molar-refractivity contribution in [1.29, 1.82) is 0 Å². The highest BCUT2D eigenvalue weighted by molar-refractivity contribution is 6.30. The third-order valence-electron chi connectivity index (χ3n) is 3.13. The van der Waals surface area contributed by atoms with Gasteiger partial charge in [-0.15, -0.1) is 0 Å². The fourth-order valence-electron chi connectivity index (χ4n) is 1.98. The summed E-state index contributed by atoms with van der Waals surface area (Å²) in [6.45, 7) is 1.59. The van der Waals surface area contributed by atoms with E-state index in [1.165, 1.54) is 5.56 Å². The van der Waals surface area contributed by atoms with Crippen LogP contribution in [0.4, 0.5) is 0 Å². The molecule has 0 heterocycles. The molecule has 0 spiro atoms. The van der Waals surface area contributed by atoms with Gasteiger partial charge in [0.25, 0.3) is 0 Å². The molecule has 0 aromatic heterocycles. The normalized spacial score (nSPS) is 10.4. The minimum Gasteiger partial charge on any atom is -0.316 e. The van der Waals surface area contributed by atoms with Gasteiger partial charge >= 0.3 is 0 Å². The molecular weight excluding hydrogens is 270 g/mol. The zero-order valence-electron chi connectivity index (χ0n) is 11.3. The van der Waals surface area contributed by atoms with Gasteiger partial charge in [0.2, 0.25) is 0 Å². The third kappa shape index (κ3) is 4.80. The number of halogens is 1. The van der Waals surface area contributed by atoms with Crippen LogP contribution in [0.5, 0.6) is 0 Å². The van der Waals surface area contributed by atoms with E-state index in [2.05, 4.69) is 17.4 Å². The van der Waals surface area contributed by atoms with E-state index < -0.39 is 0 Å². The molecule has 0 aliphatic rings. The highest BCUT2D eigenvalue weighted by atomic mass is 35.5. The number of carbonyl (C=O) groups is 1. The molecule has 0 radical (unpaired) electrons. The second kappa shape index (κ2) is 7.83. The summed E-state index contributed by atoms with van der Waals surface area (Å²) in [5.74, 6) is 0.147. The van der Waals surface area contributed by atoms with Gasteiger partial charge in [0.1, 0.15) is 0 Å². The zero-order chi connectivity index (χ0) is 14.2. The van der Waals surface area contributed by atoms with Gasteiger partial charge < -0.3 is 5.32 Å². The Morgan fingerprint density at radius 1 is 0.950 bits per heavy atom. The van der Waals surface area contributed by atoms with E-state index >= 15 is 0 Å². The van der Waals surface area contributed by atoms with Crippen molar-refractivity contribution < 1.29 is 4.79 Å². The van der Waals surface area contributed by atoms with E-state index in [1.807, 2.05) is 18.2 Å². The van der Waals surface area contributed by atoms with Crippen LogP contribution >= 0.6 is 11.6 Å². The van der Waals surface area contributed by atoms with Crippen molar-refractivity contribution >= 4 is 17.4 Å². The summed E-state index contributed by atoms with van der Waals surface area (Å²) in [6, 6.07) is 17.4. The van der Waals surface area contributed by atoms with E-state index in [0.29, 0.717) is 18.0 Å². The Balaban J connectivity index is 1.66. The monoisotopic (exact) mass is 287 g/mol. The van der Waals surface area contributed by atoms with E-state index in [9.17, 15) is 4.79 Å². The number of nitrogens with one attached hydrogen (secondary N) is 1. The highest BCUT2D eigenvalue weighted by Crippen LogP contribution is 2.10. The predicted octanol–water partition coefficient (Wildman–Crippen LogP) is 3.75. The Kier molecular flexibility index (Phi) is 5.78. The maximum Gasteiger partial charge on any atom is 0.164 e. The maximum atomic E-state index is 11.9. The van der Waals surface area contributed by atoms with Crippen molar-refractivity contribution in [3.8, 4) is 0 Å². The first-order valence-electron chi connectivity index (χ1n) is 6.79. The fraction of sp³-hybridized carbons (Fsp3) is 0.235. The molecule has 104 valence electrons. The van der Waals surface area contributed by atoms with E-state index in [4.69, 9.17) is 11.6 Å². The lowest BCUT2D eigenvalue weighted by atomic mass is 10.1. The highest BCUT2D eigenvalue weighted by Gasteiger charge is 2.04. The van der Waals surface area contributed by atoms with Crippen molar-refractivity contribution in [2.24, 2.45) is 0 Å². The van der Waals surface area contributed by atoms with Crippen LogP contribution in [-0.2, 0) is 6.42 Å². The van der Waals surface area contributed by atoms with Crippen LogP contribution in [0.15, 0.2) is 54.6 Å². The number of Topliss-reactive ketones (excluding diaryl/α,β-unsaturated/α-hetero) is 1. The second-order valence-electron chi connectivity index (χ2n) is 4.67. The number of benzene rings is 2. The van der Waals surface area contributed by atoms with Crippen LogP contribution < -0.4 is 5.32 Å². The molecule has 2 nitrogen and oxygen atoms in total. The first kappa shape index (κ1) is 14.8. The zero-order valence-corrected chi connectivity index (χ0v) is 12.1. The average Bonchev–Trinajstić information content (AvgIpc) is 2.48. The third-order valence-corrected chi connectivity index (χ3v) is 3.38. The quantitative estimate of drug-likeness (QED) is 0.621. The molecule has 0 fully saturated rings. The molecule has 0 saturated carbocycles. The van der Waals surface area contributed by atoms with Crippen molar-refractivity contribution in [3.63, 3.8) is 0 Å². The molecule has 2 aromatic carbocycles. The topological polar surface area (TPSA) is 29.1 Å². The molecule has 0 atom stereocenters. The van der Waals surface area contributed by atoms with Crippen LogP contribution in [0.3, 0.4) is 0 Å². The van der Waals surface area contributed by atoms with Crippen molar-refractivity contribution in [2.45, 2.75) is 12.8 Å². The summed E-state index contributed by atoms with van der Waals surface area (Å²) in [5, 5.41) is 3.95. The summed E-state index contributed by atoms with van der Waals surface area (Å²) < 4.78 is 0. The standard InChI is InChI=1S/C17H18ClNO/c18-16-8-6-15(7-9-16)17(20)11-13-19-12-10-14-4-2-1-3-5-14/h1-9,19H,10-13H2. The van der Waals surface area contributed by atoms with Crippen molar-refractivity contribution in [1.82, 2.24) is 5.32 Å². The summed E-state index contributed by atoms with van der Waals surface area (Å²) >= 11 is 5.80. The molecular formula is C17H18ClNO. The Labute approximate surface area is 124 Å². The van der Waals surface area contributed by atoms with Gasteiger partial charge in [-0.2, -0.15) is 0 Å². The largest absolute Gasteiger partial charge is 0.316 e. The molecule has 0 aliphatic heterocycles. The van der Waals surface area contributed by atoms with Gasteiger partial charge in [-0.1, -0.05) is 41.9 Å². The Morgan fingerprint density at radius 3 is 2.35 bits per heavy atom. The van der Waals surface area contributed by atoms with Crippen molar-refractivity contribution in [2.75, 3.05) is 13.1 Å². The van der Waals surface area contributed by atoms with Gasteiger partial charge in [-0.3, -0.25) is 4.79 Å². The molecule has 0 bridgehead atoms. The van der Waals surface area contributed by atoms with Crippen molar-refractivity contribution in [3.05, 3.63) is 70.7 Å². The molecule has 3 heteroatoms. The number of ketones is 1. The lowest BCUT2D eigenvalue weighted by molar-refractivity contribution is 0.0982. The van der Waals surface area contributed by atoms with E-state index in [0.717, 1.165) is 18.5 Å². The van der Waals surface area contributed by atoms with Gasteiger partial charge in [0.05, 0.1) is 0 Å². The SMILES string of the molecule is O=C(CCNCCc1ccccc1)c1ccc(Cl)cc1. The average molecular weight is 288 g/mol. The number of rotatable bonds is 7. The fourth-order valence-corrected chi connectivity index (χ4v) is 2.11. The molecule has 0 aliphatic carbocycles. The van der Waals surface area contributed by atoms with Crippen LogP contribution in [0, 0.1) is 0 Å². The van der Waals surface area contributed by atoms with Crippen LogP contribution in [0.2, 0.25) is 5.02 Å². The summed E-state index contributed by atoms with van der Waals surface area (Å²) in [5.41, 5.74) is 2.03. The summed E-state index contributed by atoms with van der Waals surface area (Å²) in [4.78, 5) is 11.9. The maximum absolute atomic E-state index is 11.9. The number of carbonyl (C=O) groups excluding carboxylic acids is 1. The molecule has 2 aromatic rings. The van der Waals surface area contributed by atoms with Gasteiger partial charge in [-0.25, -0.2) is 0 Å². The number of hydrogen-bond donors (Lipinski definition) is 1. The Morgan fingerprint density at radius 2 is 1.65 bits per heavy atom. The summed E-state index contributed by atoms with van der Waals surface area (Å²) in [7, 11) is 0. The van der Waals surface area contributed by atoms with Crippen LogP contribution in [0.1, 0.15) is 22.3 Å². The lowest BCUT2D eigenvalue weighted by Crippen LogP contribution is -2.21. The first-order valence-corrected chi connectivity index (χ1v) is 7.17. The van der Waals surface area contributed by atoms with E-state index in [-0.39, 0.29) is 5.78 Å². The second-order valence-corrected chi connectivity index (χ2v) is 5.10. The Hall–Kier alpha value is -1.64. The summed E-state index contributed by atoms with van der Waals surface area (Å²) in [6.07, 6.45) is 1.49. The van der Waals surface area contributed by atoms with Gasteiger partial charge in [0.15, 0.2) is 5.78 Å². The molecule has 2 rings (SSSR count). The molecule has 0 amide bonds. The predicted molar refractivity (Wildman–Crippen MR) is 83.4 cm³/mol. The van der Waals surface area contributed by atoms with Crippen LogP contribution in [-0.4, -0.2) is 18.9 Å². The van der Waals surface area contributed by atoms with Gasteiger partial charge in [0, 0.05) is 23.6 Å². The molecule has 0 unspecified atom stereocenters. The molecule has 20 heavy (non-hydrogen) atoms. The molecule has 1 N–H and O–H groups in total. The molecule has 0 saturated heterocycles. The smallest absolute Gasteiger partial charge is 0.164 e. The minimum atomic E-state index is 0.147. The van der Waals surface area contributed by atoms with Crippen LogP contribution in [0.25, 0.3) is 0 Å². The number of hydrogen-bond acceptors (Lipinski definition) is 2. The van der Waals surface area contributed by atoms with Gasteiger partial charge in [-0.05, 0) is 42.8 Å². The minimum absolute atomic E-state index is 0.147. The van der Waals surface area contributed by atoms with E-state index in [1.54, 1.807) is 24.3 Å². The Bertz CT molecular complexity index is 537.